The van der Waals surface area contributed by atoms with Crippen LogP contribution in [0.1, 0.15) is 26.5 Å². The van der Waals surface area contributed by atoms with Crippen LogP contribution in [-0.2, 0) is 0 Å². The van der Waals surface area contributed by atoms with E-state index in [4.69, 9.17) is 28.3 Å². The molecule has 1 aliphatic rings. The van der Waals surface area contributed by atoms with Crippen LogP contribution in [0, 0.1) is 0 Å². The van der Waals surface area contributed by atoms with Crippen molar-refractivity contribution in [3.05, 3.63) is 67.7 Å². The fraction of sp³-hybridized carbons (Fsp3) is 0. The number of aromatic carboxylic acids is 1. The van der Waals surface area contributed by atoms with Crippen molar-refractivity contribution in [2.24, 2.45) is 0 Å². The van der Waals surface area contributed by atoms with E-state index in [1.807, 2.05) is 0 Å². The number of fused-ring (bicyclic) bond motifs is 4. The molecule has 0 fully saturated rings. The third-order valence-electron chi connectivity index (χ3n) is 3.82. The Bertz CT molecular complexity index is 1150. The molecule has 2 aromatic carbocycles. The molecule has 1 N–H and O–H groups in total. The minimum atomic E-state index is -1.16. The smallest absolute Gasteiger partial charge is 0.335 e. The van der Waals surface area contributed by atoms with E-state index >= 15 is 0 Å². The second-order valence-electron chi connectivity index (χ2n) is 5.22. The van der Waals surface area contributed by atoms with Crippen molar-refractivity contribution in [3.8, 4) is 5.69 Å². The molecule has 24 heavy (non-hydrogen) atoms. The van der Waals surface area contributed by atoms with Gasteiger partial charge in [0.05, 0.1) is 32.7 Å². The van der Waals surface area contributed by atoms with Crippen LogP contribution in [0.3, 0.4) is 0 Å². The lowest BCUT2D eigenvalue weighted by Crippen LogP contribution is -2.21. The summed E-state index contributed by atoms with van der Waals surface area (Å²) in [5, 5.41) is 9.64. The molecule has 0 saturated carbocycles. The van der Waals surface area contributed by atoms with Crippen LogP contribution >= 0.6 is 23.2 Å². The number of ketones is 1. The molecule has 6 nitrogen and oxygen atoms in total. The first kappa shape index (κ1) is 14.9. The number of rotatable bonds is 1. The second-order valence-corrected chi connectivity index (χ2v) is 6.07. The Balaban J connectivity index is 2.12. The second kappa shape index (κ2) is 4.90. The largest absolute Gasteiger partial charge is 0.478 e. The summed E-state index contributed by atoms with van der Waals surface area (Å²) in [5.41, 5.74) is 0.0474. The molecule has 0 saturated heterocycles. The van der Waals surface area contributed by atoms with Crippen molar-refractivity contribution in [1.29, 1.82) is 0 Å². The number of carbonyl (C=O) groups is 2. The minimum Gasteiger partial charge on any atom is -0.478 e. The van der Waals surface area contributed by atoms with Gasteiger partial charge in [0.15, 0.2) is 5.82 Å². The van der Waals surface area contributed by atoms with E-state index < -0.39 is 17.3 Å². The van der Waals surface area contributed by atoms with Gasteiger partial charge in [-0.15, -0.1) is 0 Å². The predicted molar refractivity (Wildman–Crippen MR) is 87.8 cm³/mol. The molecule has 2 heterocycles. The van der Waals surface area contributed by atoms with E-state index in [1.54, 1.807) is 0 Å². The summed E-state index contributed by atoms with van der Waals surface area (Å²) in [6.07, 6.45) is 0. The lowest BCUT2D eigenvalue weighted by Gasteiger charge is -2.07. The summed E-state index contributed by atoms with van der Waals surface area (Å²) in [5.74, 6) is -1.78. The fourth-order valence-electron chi connectivity index (χ4n) is 2.77. The number of carboxylic acids is 1. The molecular formula is C16H6Cl2N2O4. The Morgan fingerprint density at radius 2 is 1.88 bits per heavy atom. The zero-order valence-electron chi connectivity index (χ0n) is 11.7. The highest BCUT2D eigenvalue weighted by Gasteiger charge is 2.31. The molecule has 0 bridgehead atoms. The van der Waals surface area contributed by atoms with Crippen LogP contribution in [0.2, 0.25) is 10.0 Å². The monoisotopic (exact) mass is 360 g/mol. The number of nitrogens with zero attached hydrogens (tertiary/aromatic N) is 2. The number of halogens is 2. The molecule has 4 rings (SSSR count). The van der Waals surface area contributed by atoms with E-state index in [0.29, 0.717) is 5.02 Å². The molecule has 0 atom stereocenters. The van der Waals surface area contributed by atoms with Crippen molar-refractivity contribution in [1.82, 2.24) is 9.55 Å². The van der Waals surface area contributed by atoms with Crippen molar-refractivity contribution < 1.29 is 14.7 Å². The average molecular weight is 361 g/mol. The number of hydrogen-bond donors (Lipinski definition) is 1. The molecule has 3 aromatic rings. The minimum absolute atomic E-state index is 0.0476. The molecule has 1 aromatic heterocycles. The Morgan fingerprint density at radius 3 is 2.58 bits per heavy atom. The van der Waals surface area contributed by atoms with Crippen LogP contribution in [-0.4, -0.2) is 26.4 Å². The van der Waals surface area contributed by atoms with E-state index in [0.717, 1.165) is 4.57 Å². The normalized spacial score (nSPS) is 12.3. The highest BCUT2D eigenvalue weighted by Crippen LogP contribution is 2.30. The van der Waals surface area contributed by atoms with Gasteiger partial charge in [-0.25, -0.2) is 9.78 Å². The Kier molecular flexibility index (Phi) is 3.03. The van der Waals surface area contributed by atoms with Gasteiger partial charge in [0, 0.05) is 5.02 Å². The van der Waals surface area contributed by atoms with Crippen LogP contribution < -0.4 is 5.56 Å². The maximum atomic E-state index is 12.8. The highest BCUT2D eigenvalue weighted by molar-refractivity contribution is 6.38. The number of carbonyl (C=O) groups excluding carboxylic acids is 1. The summed E-state index contributed by atoms with van der Waals surface area (Å²) >= 11 is 12.0. The molecule has 8 heteroatoms. The molecule has 0 radical (unpaired) electrons. The van der Waals surface area contributed by atoms with Gasteiger partial charge < -0.3 is 5.11 Å². The molecule has 118 valence electrons. The topological polar surface area (TPSA) is 89.3 Å². The Labute approximate surface area is 143 Å². The number of hydrogen-bond acceptors (Lipinski definition) is 4. The van der Waals surface area contributed by atoms with E-state index in [1.165, 1.54) is 30.3 Å². The summed E-state index contributed by atoms with van der Waals surface area (Å²) in [7, 11) is 0. The van der Waals surface area contributed by atoms with Crippen LogP contribution in [0.15, 0.2) is 35.1 Å². The average Bonchev–Trinajstić information content (AvgIpc) is 2.79. The third-order valence-corrected chi connectivity index (χ3v) is 4.34. The van der Waals surface area contributed by atoms with Gasteiger partial charge in [0.25, 0.3) is 5.56 Å². The molecular weight excluding hydrogens is 355 g/mol. The highest BCUT2D eigenvalue weighted by atomic mass is 35.5. The summed E-state index contributed by atoms with van der Waals surface area (Å²) in [4.78, 5) is 40.7. The zero-order chi connectivity index (χ0) is 17.2. The van der Waals surface area contributed by atoms with Gasteiger partial charge in [-0.1, -0.05) is 23.2 Å². The predicted octanol–water partition coefficient (Wildman–Crippen LogP) is 2.94. The molecule has 0 spiro atoms. The first-order valence-corrected chi connectivity index (χ1v) is 7.48. The zero-order valence-corrected chi connectivity index (χ0v) is 13.2. The van der Waals surface area contributed by atoms with Gasteiger partial charge in [-0.3, -0.25) is 14.2 Å². The molecule has 1 aliphatic heterocycles. The quantitative estimate of drug-likeness (QED) is 0.563. The van der Waals surface area contributed by atoms with Crippen LogP contribution in [0.25, 0.3) is 16.6 Å². The van der Waals surface area contributed by atoms with Crippen molar-refractivity contribution in [2.75, 3.05) is 0 Å². The van der Waals surface area contributed by atoms with Crippen molar-refractivity contribution in [2.45, 2.75) is 0 Å². The summed E-state index contributed by atoms with van der Waals surface area (Å²) in [6.45, 7) is 0. The van der Waals surface area contributed by atoms with Gasteiger partial charge in [-0.05, 0) is 30.3 Å². The first-order chi connectivity index (χ1) is 11.4. The number of benzene rings is 2. The van der Waals surface area contributed by atoms with E-state index in [-0.39, 0.29) is 38.6 Å². The SMILES string of the molecule is O=C(O)c1ccc2c(c1)C(=O)c1nc3cc(Cl)cc(Cl)c3c(=O)n1-2. The maximum absolute atomic E-state index is 12.8. The maximum Gasteiger partial charge on any atom is 0.335 e. The van der Waals surface area contributed by atoms with Crippen molar-refractivity contribution in [3.63, 3.8) is 0 Å². The van der Waals surface area contributed by atoms with Gasteiger partial charge >= 0.3 is 5.97 Å². The van der Waals surface area contributed by atoms with Crippen LogP contribution in [0.4, 0.5) is 0 Å². The Hall–Kier alpha value is -2.70. The number of aromatic nitrogens is 2. The van der Waals surface area contributed by atoms with Gasteiger partial charge in [-0.2, -0.15) is 0 Å². The Morgan fingerprint density at radius 1 is 1.12 bits per heavy atom. The molecule has 0 aliphatic carbocycles. The molecule has 0 unspecified atom stereocenters. The van der Waals surface area contributed by atoms with E-state index in [9.17, 15) is 14.4 Å². The lowest BCUT2D eigenvalue weighted by atomic mass is 10.1. The molecule has 0 amide bonds. The summed E-state index contributed by atoms with van der Waals surface area (Å²) < 4.78 is 1.14. The first-order valence-electron chi connectivity index (χ1n) is 6.72. The van der Waals surface area contributed by atoms with Gasteiger partial charge in [0.2, 0.25) is 5.78 Å². The summed E-state index contributed by atoms with van der Waals surface area (Å²) in [6, 6.07) is 6.83. The van der Waals surface area contributed by atoms with Crippen molar-refractivity contribution >= 4 is 45.9 Å². The standard InChI is InChI=1S/C16H6Cl2N2O4/c17-7-4-9(18)12-10(5-7)19-14-13(21)8-3-6(16(23)24)1-2-11(8)20(14)15(12)22/h1-5H,(H,23,24). The lowest BCUT2D eigenvalue weighted by molar-refractivity contribution is 0.0697. The van der Waals surface area contributed by atoms with Crippen LogP contribution in [0.5, 0.6) is 0 Å². The van der Waals surface area contributed by atoms with E-state index in [2.05, 4.69) is 4.98 Å². The van der Waals surface area contributed by atoms with Gasteiger partial charge in [0.1, 0.15) is 0 Å². The third kappa shape index (κ3) is 1.90. The number of carboxylic acid groups (broad SMARTS) is 1. The fourth-order valence-corrected chi connectivity index (χ4v) is 3.34.